The number of ether oxygens (including phenoxy) is 2. The molecule has 7 nitrogen and oxygen atoms in total. The largest absolute Gasteiger partial charge is 0.479 e. The van der Waals surface area contributed by atoms with Gasteiger partial charge in [-0.3, -0.25) is 4.72 Å². The number of benzene rings is 3. The van der Waals surface area contributed by atoms with E-state index in [2.05, 4.69) is 4.72 Å². The van der Waals surface area contributed by atoms with Crippen LogP contribution in [-0.2, 0) is 19.6 Å². The van der Waals surface area contributed by atoms with Crippen LogP contribution in [0.15, 0.2) is 53.4 Å². The van der Waals surface area contributed by atoms with Crippen LogP contribution in [0.3, 0.4) is 0 Å². The average molecular weight is 496 g/mol. The van der Waals surface area contributed by atoms with Gasteiger partial charge in [0.05, 0.1) is 11.3 Å². The smallest absolute Gasteiger partial charge is 0.337 e. The maximum absolute atomic E-state index is 13.2. The van der Waals surface area contributed by atoms with Crippen molar-refractivity contribution >= 4 is 21.7 Å². The molecule has 0 spiro atoms. The monoisotopic (exact) mass is 495 g/mol. The van der Waals surface area contributed by atoms with Crippen molar-refractivity contribution in [3.05, 3.63) is 70.8 Å². The Morgan fingerprint density at radius 2 is 1.63 bits per heavy atom. The Kier molecular flexibility index (Phi) is 6.15. The molecule has 2 N–H and O–H groups in total. The summed E-state index contributed by atoms with van der Waals surface area (Å²) in [5.74, 6) is -0.642. The molecule has 1 aliphatic heterocycles. The summed E-state index contributed by atoms with van der Waals surface area (Å²) in [5, 5.41) is 10.2. The average Bonchev–Trinajstić information content (AvgIpc) is 2.89. The number of carboxylic acids is 1. The Morgan fingerprint density at radius 1 is 1.00 bits per heavy atom. The molecule has 0 radical (unpaired) electrons. The zero-order chi connectivity index (χ0) is 25.7. The van der Waals surface area contributed by atoms with Gasteiger partial charge in [-0.1, -0.05) is 42.0 Å². The molecule has 1 aliphatic rings. The van der Waals surface area contributed by atoms with Crippen LogP contribution in [0.25, 0.3) is 11.1 Å². The molecule has 0 fully saturated rings. The van der Waals surface area contributed by atoms with Crippen molar-refractivity contribution in [3.8, 4) is 22.6 Å². The number of nitrogens with one attached hydrogen (secondary N) is 1. The van der Waals surface area contributed by atoms with E-state index < -0.39 is 27.7 Å². The molecule has 4 rings (SSSR count). The first-order valence-electron chi connectivity index (χ1n) is 11.2. The highest BCUT2D eigenvalue weighted by Gasteiger charge is 2.36. The number of aliphatic carboxylic acids is 1. The fraction of sp³-hybridized carbons (Fsp3) is 0.296. The summed E-state index contributed by atoms with van der Waals surface area (Å²) in [7, 11) is -3.98. The lowest BCUT2D eigenvalue weighted by molar-refractivity contribution is -0.160. The van der Waals surface area contributed by atoms with Crippen LogP contribution in [0, 0.1) is 20.8 Å². The first-order chi connectivity index (χ1) is 16.3. The molecular weight excluding hydrogens is 466 g/mol. The quantitative estimate of drug-likeness (QED) is 0.452. The molecular formula is C27H29NO6S. The van der Waals surface area contributed by atoms with Gasteiger partial charge in [0.1, 0.15) is 10.6 Å². The Bertz CT molecular complexity index is 1420. The number of hydrogen-bond acceptors (Lipinski definition) is 5. The van der Waals surface area contributed by atoms with Gasteiger partial charge in [-0.15, -0.1) is 0 Å². The molecule has 0 saturated heterocycles. The van der Waals surface area contributed by atoms with Gasteiger partial charge in [-0.25, -0.2) is 13.2 Å². The molecule has 1 atom stereocenters. The standard InChI is InChI=1S/C27H29NO6S/c1-15-11-13-18(14-12-15)21-17(3)24-23(16(2)22(21)25(26(29)30)34-27(4,5)6)28-35(31,32)20-10-8-7-9-19(20)33-24/h7-14,25,28H,1-6H3,(H,29,30)/t25-/m0/s1. The Morgan fingerprint density at radius 3 is 2.23 bits per heavy atom. The first-order valence-corrected chi connectivity index (χ1v) is 12.7. The Balaban J connectivity index is 2.10. The molecule has 0 saturated carbocycles. The molecule has 0 aliphatic carbocycles. The number of sulfonamides is 1. The van der Waals surface area contributed by atoms with Crippen molar-refractivity contribution in [2.24, 2.45) is 0 Å². The highest BCUT2D eigenvalue weighted by atomic mass is 32.2. The van der Waals surface area contributed by atoms with E-state index >= 15 is 0 Å². The number of rotatable bonds is 4. The van der Waals surface area contributed by atoms with Gasteiger partial charge in [-0.05, 0) is 70.4 Å². The number of carboxylic acid groups (broad SMARTS) is 1. The summed E-state index contributed by atoms with van der Waals surface area (Å²) < 4.78 is 41.3. The molecule has 0 aromatic heterocycles. The lowest BCUT2D eigenvalue weighted by Crippen LogP contribution is -2.28. The van der Waals surface area contributed by atoms with Crippen molar-refractivity contribution < 1.29 is 27.8 Å². The Labute approximate surface area is 205 Å². The van der Waals surface area contributed by atoms with Crippen LogP contribution in [-0.4, -0.2) is 25.1 Å². The molecule has 1 heterocycles. The van der Waals surface area contributed by atoms with Crippen LogP contribution < -0.4 is 9.46 Å². The highest BCUT2D eigenvalue weighted by Crippen LogP contribution is 2.50. The van der Waals surface area contributed by atoms with Gasteiger partial charge in [0.2, 0.25) is 0 Å². The topological polar surface area (TPSA) is 102 Å². The van der Waals surface area contributed by atoms with E-state index in [9.17, 15) is 18.3 Å². The molecule has 3 aromatic carbocycles. The van der Waals surface area contributed by atoms with Crippen LogP contribution in [0.5, 0.6) is 11.5 Å². The van der Waals surface area contributed by atoms with Crippen LogP contribution in [0.4, 0.5) is 5.69 Å². The summed E-state index contributed by atoms with van der Waals surface area (Å²) >= 11 is 0. The number of para-hydroxylation sites is 1. The van der Waals surface area contributed by atoms with Crippen molar-refractivity contribution in [1.82, 2.24) is 0 Å². The minimum absolute atomic E-state index is 0.00848. The van der Waals surface area contributed by atoms with E-state index in [1.807, 2.05) is 31.2 Å². The van der Waals surface area contributed by atoms with E-state index in [4.69, 9.17) is 9.47 Å². The number of aryl methyl sites for hydroxylation is 1. The second-order valence-electron chi connectivity index (χ2n) is 9.71. The molecule has 35 heavy (non-hydrogen) atoms. The molecule has 8 heteroatoms. The van der Waals surface area contributed by atoms with Crippen LogP contribution in [0.1, 0.15) is 49.1 Å². The first kappa shape index (κ1) is 24.8. The third kappa shape index (κ3) is 4.63. The molecule has 0 bridgehead atoms. The van der Waals surface area contributed by atoms with E-state index in [1.54, 1.807) is 52.8 Å². The summed E-state index contributed by atoms with van der Waals surface area (Å²) in [6.45, 7) is 10.8. The molecule has 0 unspecified atom stereocenters. The van der Waals surface area contributed by atoms with Crippen molar-refractivity contribution in [3.63, 3.8) is 0 Å². The SMILES string of the molecule is Cc1ccc(-c2c(C)c3c(c(C)c2[C@H](OC(C)(C)C)C(=O)O)NS(=O)(=O)c2ccccc2O3)cc1. The normalized spacial score (nSPS) is 15.1. The number of hydrogen-bond donors (Lipinski definition) is 2. The number of anilines is 1. The van der Waals surface area contributed by atoms with Crippen molar-refractivity contribution in [2.45, 2.75) is 58.1 Å². The summed E-state index contributed by atoms with van der Waals surface area (Å²) in [6, 6.07) is 14.1. The lowest BCUT2D eigenvalue weighted by Gasteiger charge is -2.30. The second-order valence-corrected chi connectivity index (χ2v) is 11.4. The van der Waals surface area contributed by atoms with Gasteiger partial charge in [0, 0.05) is 11.1 Å². The molecule has 0 amide bonds. The second kappa shape index (κ2) is 8.70. The van der Waals surface area contributed by atoms with Crippen LogP contribution >= 0.6 is 0 Å². The van der Waals surface area contributed by atoms with E-state index in [0.29, 0.717) is 28.0 Å². The highest BCUT2D eigenvalue weighted by molar-refractivity contribution is 7.92. The number of carbonyl (C=O) groups is 1. The Hall–Kier alpha value is -3.36. The predicted octanol–water partition coefficient (Wildman–Crippen LogP) is 6.13. The lowest BCUT2D eigenvalue weighted by atomic mass is 9.86. The minimum atomic E-state index is -3.98. The van der Waals surface area contributed by atoms with Gasteiger partial charge in [-0.2, -0.15) is 0 Å². The minimum Gasteiger partial charge on any atom is -0.479 e. The van der Waals surface area contributed by atoms with E-state index in [0.717, 1.165) is 11.1 Å². The summed E-state index contributed by atoms with van der Waals surface area (Å²) in [6.07, 6.45) is -1.34. The molecule has 3 aromatic rings. The van der Waals surface area contributed by atoms with Gasteiger partial charge in [0.15, 0.2) is 11.9 Å². The number of fused-ring (bicyclic) bond motifs is 2. The fourth-order valence-corrected chi connectivity index (χ4v) is 5.56. The van der Waals surface area contributed by atoms with Crippen molar-refractivity contribution in [2.75, 3.05) is 4.72 Å². The van der Waals surface area contributed by atoms with Gasteiger partial charge < -0.3 is 14.6 Å². The summed E-state index contributed by atoms with van der Waals surface area (Å²) in [4.78, 5) is 12.5. The van der Waals surface area contributed by atoms with E-state index in [-0.39, 0.29) is 16.3 Å². The van der Waals surface area contributed by atoms with Crippen molar-refractivity contribution in [1.29, 1.82) is 0 Å². The van der Waals surface area contributed by atoms with Gasteiger partial charge >= 0.3 is 5.97 Å². The zero-order valence-electron chi connectivity index (χ0n) is 20.6. The zero-order valence-corrected chi connectivity index (χ0v) is 21.4. The summed E-state index contributed by atoms with van der Waals surface area (Å²) in [5.41, 5.74) is 3.31. The fourth-order valence-electron chi connectivity index (χ4n) is 4.31. The maximum atomic E-state index is 13.2. The molecule has 184 valence electrons. The third-order valence-electron chi connectivity index (χ3n) is 5.88. The third-order valence-corrected chi connectivity index (χ3v) is 7.27. The maximum Gasteiger partial charge on any atom is 0.337 e. The predicted molar refractivity (Wildman–Crippen MR) is 135 cm³/mol. The van der Waals surface area contributed by atoms with E-state index in [1.165, 1.54) is 6.07 Å². The van der Waals surface area contributed by atoms with Crippen LogP contribution in [0.2, 0.25) is 0 Å². The van der Waals surface area contributed by atoms with Gasteiger partial charge in [0.25, 0.3) is 10.0 Å².